The minimum Gasteiger partial charge on any atom is -0.339 e. The lowest BCUT2D eigenvalue weighted by Gasteiger charge is -2.10. The van der Waals surface area contributed by atoms with Crippen LogP contribution in [0.4, 0.5) is 13.2 Å². The van der Waals surface area contributed by atoms with Crippen LogP contribution in [-0.2, 0) is 12.6 Å². The summed E-state index contributed by atoms with van der Waals surface area (Å²) < 4.78 is 43.8. The van der Waals surface area contributed by atoms with Gasteiger partial charge < -0.3 is 4.52 Å². The van der Waals surface area contributed by atoms with E-state index in [4.69, 9.17) is 16.1 Å². The van der Waals surface area contributed by atoms with Crippen molar-refractivity contribution < 1.29 is 17.7 Å². The molecule has 0 amide bonds. The molecule has 136 valence electrons. The maximum Gasteiger partial charge on any atom is 0.417 e. The van der Waals surface area contributed by atoms with Gasteiger partial charge in [0.25, 0.3) is 0 Å². The number of thioether (sulfide) groups is 1. The Balaban J connectivity index is 1.53. The molecule has 2 aromatic heterocycles. The first-order chi connectivity index (χ1) is 12.4. The molecule has 0 atom stereocenters. The summed E-state index contributed by atoms with van der Waals surface area (Å²) in [5.74, 6) is 1.60. The predicted octanol–water partition coefficient (Wildman–Crippen LogP) is 5.53. The molecule has 2 heterocycles. The van der Waals surface area contributed by atoms with E-state index in [-0.39, 0.29) is 5.02 Å². The Morgan fingerprint density at radius 1 is 1.12 bits per heavy atom. The van der Waals surface area contributed by atoms with Crippen molar-refractivity contribution in [1.82, 2.24) is 15.1 Å². The van der Waals surface area contributed by atoms with Gasteiger partial charge in [0.2, 0.25) is 11.7 Å². The number of nitrogens with zero attached hydrogens (tertiary/aromatic N) is 3. The molecule has 0 bridgehead atoms. The molecule has 0 aliphatic carbocycles. The average molecular weight is 400 g/mol. The third kappa shape index (κ3) is 4.76. The van der Waals surface area contributed by atoms with Gasteiger partial charge >= 0.3 is 6.18 Å². The third-order valence-corrected chi connectivity index (χ3v) is 4.86. The first kappa shape index (κ1) is 18.7. The molecule has 26 heavy (non-hydrogen) atoms. The van der Waals surface area contributed by atoms with E-state index in [2.05, 4.69) is 15.1 Å². The van der Waals surface area contributed by atoms with Crippen molar-refractivity contribution in [1.29, 1.82) is 0 Å². The fraction of sp³-hybridized carbons (Fsp3) is 0.235. The van der Waals surface area contributed by atoms with E-state index in [9.17, 15) is 13.2 Å². The van der Waals surface area contributed by atoms with Crippen molar-refractivity contribution in [3.63, 3.8) is 0 Å². The van der Waals surface area contributed by atoms with Crippen LogP contribution < -0.4 is 0 Å². The Hall–Kier alpha value is -2.06. The number of aryl methyl sites for hydroxylation is 1. The second kappa shape index (κ2) is 8.09. The molecule has 0 aliphatic heterocycles. The zero-order valence-corrected chi connectivity index (χ0v) is 14.9. The Morgan fingerprint density at radius 2 is 1.88 bits per heavy atom. The van der Waals surface area contributed by atoms with E-state index in [1.807, 2.05) is 0 Å². The fourth-order valence-electron chi connectivity index (χ4n) is 2.20. The standard InChI is InChI=1S/C17H13ClF3N3OS/c18-14-4-3-12(10-13(14)17(19,20)21)26-9-1-2-15-23-16(24-25-15)11-5-7-22-8-6-11/h3-8,10H,1-2,9H2. The highest BCUT2D eigenvalue weighted by Crippen LogP contribution is 2.37. The summed E-state index contributed by atoms with van der Waals surface area (Å²) in [5, 5.41) is 3.62. The molecule has 3 aromatic rings. The van der Waals surface area contributed by atoms with E-state index in [0.29, 0.717) is 35.2 Å². The number of hydrogen-bond donors (Lipinski definition) is 0. The first-order valence-corrected chi connectivity index (χ1v) is 9.02. The van der Waals surface area contributed by atoms with E-state index >= 15 is 0 Å². The lowest BCUT2D eigenvalue weighted by Crippen LogP contribution is -2.05. The molecular formula is C17H13ClF3N3OS. The fourth-order valence-corrected chi connectivity index (χ4v) is 3.31. The van der Waals surface area contributed by atoms with Crippen LogP contribution in [-0.4, -0.2) is 20.9 Å². The van der Waals surface area contributed by atoms with Gasteiger partial charge in [-0.1, -0.05) is 16.8 Å². The molecule has 0 fully saturated rings. The summed E-state index contributed by atoms with van der Waals surface area (Å²) in [6, 6.07) is 7.48. The molecule has 3 rings (SSSR count). The van der Waals surface area contributed by atoms with Crippen LogP contribution in [0.15, 0.2) is 52.1 Å². The summed E-state index contributed by atoms with van der Waals surface area (Å²) in [6.45, 7) is 0. The topological polar surface area (TPSA) is 51.8 Å². The van der Waals surface area contributed by atoms with Crippen LogP contribution in [0.3, 0.4) is 0 Å². The van der Waals surface area contributed by atoms with Gasteiger partial charge in [0.1, 0.15) is 0 Å². The molecule has 0 unspecified atom stereocenters. The lowest BCUT2D eigenvalue weighted by atomic mass is 10.2. The Morgan fingerprint density at radius 3 is 2.62 bits per heavy atom. The van der Waals surface area contributed by atoms with Crippen molar-refractivity contribution >= 4 is 23.4 Å². The molecule has 0 radical (unpaired) electrons. The van der Waals surface area contributed by atoms with E-state index in [1.165, 1.54) is 17.8 Å². The molecule has 0 spiro atoms. The average Bonchev–Trinajstić information content (AvgIpc) is 3.09. The normalized spacial score (nSPS) is 11.7. The maximum absolute atomic E-state index is 12.9. The minimum atomic E-state index is -4.46. The van der Waals surface area contributed by atoms with Crippen LogP contribution in [0.5, 0.6) is 0 Å². The van der Waals surface area contributed by atoms with Crippen LogP contribution in [0.2, 0.25) is 5.02 Å². The SMILES string of the molecule is FC(F)(F)c1cc(SCCCc2nc(-c3ccncc3)no2)ccc1Cl. The summed E-state index contributed by atoms with van der Waals surface area (Å²) in [7, 11) is 0. The number of benzene rings is 1. The smallest absolute Gasteiger partial charge is 0.339 e. The van der Waals surface area contributed by atoms with Crippen molar-refractivity contribution in [2.24, 2.45) is 0 Å². The Kier molecular flexibility index (Phi) is 5.83. The van der Waals surface area contributed by atoms with E-state index in [1.54, 1.807) is 30.6 Å². The van der Waals surface area contributed by atoms with Crippen molar-refractivity contribution in [3.05, 3.63) is 59.2 Å². The van der Waals surface area contributed by atoms with Crippen molar-refractivity contribution in [3.8, 4) is 11.4 Å². The summed E-state index contributed by atoms with van der Waals surface area (Å²) in [4.78, 5) is 8.75. The highest BCUT2D eigenvalue weighted by atomic mass is 35.5. The lowest BCUT2D eigenvalue weighted by molar-refractivity contribution is -0.137. The molecule has 9 heteroatoms. The second-order valence-electron chi connectivity index (χ2n) is 5.34. The van der Waals surface area contributed by atoms with Gasteiger partial charge in [-0.05, 0) is 42.5 Å². The van der Waals surface area contributed by atoms with Gasteiger partial charge in [0, 0.05) is 29.3 Å². The highest BCUT2D eigenvalue weighted by molar-refractivity contribution is 7.99. The quantitative estimate of drug-likeness (QED) is 0.403. The molecule has 0 saturated carbocycles. The molecule has 0 aliphatic rings. The third-order valence-electron chi connectivity index (χ3n) is 3.45. The number of pyridine rings is 1. The summed E-state index contributed by atoms with van der Waals surface area (Å²) in [6.07, 6.45) is 0.0604. The van der Waals surface area contributed by atoms with Crippen LogP contribution in [0.25, 0.3) is 11.4 Å². The van der Waals surface area contributed by atoms with Gasteiger partial charge in [-0.3, -0.25) is 4.98 Å². The first-order valence-electron chi connectivity index (χ1n) is 7.66. The number of halogens is 4. The van der Waals surface area contributed by atoms with Gasteiger partial charge in [-0.2, -0.15) is 18.2 Å². The predicted molar refractivity (Wildman–Crippen MR) is 93.0 cm³/mol. The van der Waals surface area contributed by atoms with Gasteiger partial charge in [0.05, 0.1) is 10.6 Å². The van der Waals surface area contributed by atoms with Crippen LogP contribution in [0, 0.1) is 0 Å². The highest BCUT2D eigenvalue weighted by Gasteiger charge is 2.33. The van der Waals surface area contributed by atoms with Gasteiger partial charge in [-0.25, -0.2) is 0 Å². The maximum atomic E-state index is 12.9. The monoisotopic (exact) mass is 399 g/mol. The molecule has 1 aromatic carbocycles. The van der Waals surface area contributed by atoms with Crippen molar-refractivity contribution in [2.45, 2.75) is 23.9 Å². The van der Waals surface area contributed by atoms with Crippen molar-refractivity contribution in [2.75, 3.05) is 5.75 Å². The van der Waals surface area contributed by atoms with Gasteiger partial charge in [-0.15, -0.1) is 11.8 Å². The minimum absolute atomic E-state index is 0.295. The molecule has 0 N–H and O–H groups in total. The Bertz CT molecular complexity index is 871. The number of aromatic nitrogens is 3. The largest absolute Gasteiger partial charge is 0.417 e. The number of rotatable bonds is 6. The Labute approximate surface area is 156 Å². The zero-order valence-electron chi connectivity index (χ0n) is 13.3. The number of alkyl halides is 3. The van der Waals surface area contributed by atoms with Crippen LogP contribution in [0.1, 0.15) is 17.9 Å². The molecule has 4 nitrogen and oxygen atoms in total. The van der Waals surface area contributed by atoms with Gasteiger partial charge in [0.15, 0.2) is 0 Å². The second-order valence-corrected chi connectivity index (χ2v) is 6.91. The number of hydrogen-bond acceptors (Lipinski definition) is 5. The van der Waals surface area contributed by atoms with Crippen LogP contribution >= 0.6 is 23.4 Å². The molecule has 0 saturated heterocycles. The van der Waals surface area contributed by atoms with E-state index < -0.39 is 11.7 Å². The zero-order chi connectivity index (χ0) is 18.6. The summed E-state index contributed by atoms with van der Waals surface area (Å²) >= 11 is 6.94. The molecular weight excluding hydrogens is 387 g/mol. The summed E-state index contributed by atoms with van der Waals surface area (Å²) in [5.41, 5.74) is -0.00622. The van der Waals surface area contributed by atoms with E-state index in [0.717, 1.165) is 11.6 Å².